The average Bonchev–Trinajstić information content (AvgIpc) is 2.77. The number of benzene rings is 1. The molecule has 1 atom stereocenters. The van der Waals surface area contributed by atoms with E-state index in [9.17, 15) is 23.6 Å². The van der Waals surface area contributed by atoms with Gasteiger partial charge in [-0.2, -0.15) is 0 Å². The van der Waals surface area contributed by atoms with Crippen molar-refractivity contribution in [1.29, 1.82) is 0 Å². The standard InChI is InChI=1S/C18H22FN3O5/c1-17(2,9-8-14(24)25)20-13(23)10-22-15(26)18(3,21-16(22)27)11-4-6-12(19)7-5-11/h4-7H,8-10H2,1-3H3,(H,20,23)(H,21,27)(H,24,25)/t18-/m1/s1. The molecular formula is C18H22FN3O5. The number of nitrogens with one attached hydrogen (secondary N) is 2. The van der Waals surface area contributed by atoms with Crippen molar-refractivity contribution in [1.82, 2.24) is 15.5 Å². The zero-order valence-corrected chi connectivity index (χ0v) is 15.3. The second-order valence-corrected chi connectivity index (χ2v) is 7.28. The van der Waals surface area contributed by atoms with Gasteiger partial charge in [-0.3, -0.25) is 19.3 Å². The summed E-state index contributed by atoms with van der Waals surface area (Å²) in [5.74, 6) is -2.67. The highest BCUT2D eigenvalue weighted by atomic mass is 19.1. The van der Waals surface area contributed by atoms with E-state index in [1.807, 2.05) is 0 Å². The monoisotopic (exact) mass is 379 g/mol. The van der Waals surface area contributed by atoms with Gasteiger partial charge in [0.25, 0.3) is 5.91 Å². The maximum atomic E-state index is 13.1. The number of amides is 4. The Morgan fingerprint density at radius 3 is 2.41 bits per heavy atom. The maximum Gasteiger partial charge on any atom is 0.325 e. The summed E-state index contributed by atoms with van der Waals surface area (Å²) in [6, 6.07) is 4.42. The molecule has 1 aliphatic heterocycles. The average molecular weight is 379 g/mol. The van der Waals surface area contributed by atoms with Crippen molar-refractivity contribution in [3.63, 3.8) is 0 Å². The van der Waals surface area contributed by atoms with Gasteiger partial charge < -0.3 is 15.7 Å². The van der Waals surface area contributed by atoms with Gasteiger partial charge in [-0.15, -0.1) is 0 Å². The van der Waals surface area contributed by atoms with Gasteiger partial charge in [-0.25, -0.2) is 9.18 Å². The Kier molecular flexibility index (Phi) is 5.53. The predicted molar refractivity (Wildman–Crippen MR) is 93.1 cm³/mol. The van der Waals surface area contributed by atoms with Crippen LogP contribution < -0.4 is 10.6 Å². The summed E-state index contributed by atoms with van der Waals surface area (Å²) < 4.78 is 13.1. The number of aliphatic carboxylic acids is 1. The zero-order chi connectivity index (χ0) is 20.4. The molecule has 27 heavy (non-hydrogen) atoms. The maximum absolute atomic E-state index is 13.1. The first-order chi connectivity index (χ1) is 12.4. The van der Waals surface area contributed by atoms with Crippen LogP contribution in [-0.4, -0.2) is 45.9 Å². The summed E-state index contributed by atoms with van der Waals surface area (Å²) in [7, 11) is 0. The quantitative estimate of drug-likeness (QED) is 0.619. The predicted octanol–water partition coefficient (Wildman–Crippen LogP) is 1.35. The number of imide groups is 1. The molecule has 0 unspecified atom stereocenters. The number of carboxylic acids is 1. The van der Waals surface area contributed by atoms with E-state index in [4.69, 9.17) is 5.11 Å². The van der Waals surface area contributed by atoms with Gasteiger partial charge in [0.05, 0.1) is 0 Å². The minimum atomic E-state index is -1.40. The Morgan fingerprint density at radius 1 is 1.26 bits per heavy atom. The fourth-order valence-electron chi connectivity index (χ4n) is 2.86. The number of nitrogens with zero attached hydrogens (tertiary/aromatic N) is 1. The normalized spacial score (nSPS) is 19.8. The molecular weight excluding hydrogens is 357 g/mol. The highest BCUT2D eigenvalue weighted by Crippen LogP contribution is 2.28. The van der Waals surface area contributed by atoms with E-state index in [0.29, 0.717) is 5.56 Å². The molecule has 1 heterocycles. The summed E-state index contributed by atoms with van der Waals surface area (Å²) in [4.78, 5) is 48.7. The topological polar surface area (TPSA) is 116 Å². The summed E-state index contributed by atoms with van der Waals surface area (Å²) >= 11 is 0. The molecule has 0 spiro atoms. The molecule has 0 bridgehead atoms. The van der Waals surface area contributed by atoms with E-state index < -0.39 is 47.3 Å². The van der Waals surface area contributed by atoms with Gasteiger partial charge in [0, 0.05) is 12.0 Å². The van der Waals surface area contributed by atoms with Crippen LogP contribution in [0, 0.1) is 5.82 Å². The van der Waals surface area contributed by atoms with E-state index in [0.717, 1.165) is 4.90 Å². The zero-order valence-electron chi connectivity index (χ0n) is 15.3. The first kappa shape index (κ1) is 20.3. The SMILES string of the molecule is CC(C)(CCC(=O)O)NC(=O)CN1C(=O)N[C@](C)(c2ccc(F)cc2)C1=O. The van der Waals surface area contributed by atoms with Crippen LogP contribution in [0.5, 0.6) is 0 Å². The van der Waals surface area contributed by atoms with E-state index in [1.54, 1.807) is 13.8 Å². The van der Waals surface area contributed by atoms with Crippen LogP contribution in [0.3, 0.4) is 0 Å². The number of carboxylic acid groups (broad SMARTS) is 1. The minimum absolute atomic E-state index is 0.126. The second-order valence-electron chi connectivity index (χ2n) is 7.28. The van der Waals surface area contributed by atoms with Gasteiger partial charge in [0.2, 0.25) is 5.91 Å². The Balaban J connectivity index is 2.07. The van der Waals surface area contributed by atoms with Gasteiger partial charge in [-0.05, 0) is 44.9 Å². The van der Waals surface area contributed by atoms with Crippen molar-refractivity contribution in [3.8, 4) is 0 Å². The lowest BCUT2D eigenvalue weighted by molar-refractivity contribution is -0.138. The summed E-state index contributed by atoms with van der Waals surface area (Å²) in [5, 5.41) is 13.9. The lowest BCUT2D eigenvalue weighted by Gasteiger charge is -2.27. The summed E-state index contributed by atoms with van der Waals surface area (Å²) in [6.07, 6.45) is 0.0700. The van der Waals surface area contributed by atoms with Crippen LogP contribution >= 0.6 is 0 Å². The second kappa shape index (κ2) is 7.34. The van der Waals surface area contributed by atoms with E-state index >= 15 is 0 Å². The molecule has 9 heteroatoms. The molecule has 0 aliphatic carbocycles. The van der Waals surface area contributed by atoms with E-state index in [1.165, 1.54) is 31.2 Å². The molecule has 0 radical (unpaired) electrons. The first-order valence-electron chi connectivity index (χ1n) is 8.37. The molecule has 1 saturated heterocycles. The fourth-order valence-corrected chi connectivity index (χ4v) is 2.86. The van der Waals surface area contributed by atoms with Crippen LogP contribution in [0.25, 0.3) is 0 Å². The lowest BCUT2D eigenvalue weighted by atomic mass is 9.92. The minimum Gasteiger partial charge on any atom is -0.481 e. The van der Waals surface area contributed by atoms with Crippen molar-refractivity contribution in [3.05, 3.63) is 35.6 Å². The number of carbonyl (C=O) groups is 4. The summed E-state index contributed by atoms with van der Waals surface area (Å²) in [5.41, 5.74) is -1.81. The fraction of sp³-hybridized carbons (Fsp3) is 0.444. The van der Waals surface area contributed by atoms with Crippen molar-refractivity contribution in [2.24, 2.45) is 0 Å². The summed E-state index contributed by atoms with van der Waals surface area (Å²) in [6.45, 7) is 4.29. The molecule has 1 aromatic carbocycles. The van der Waals surface area contributed by atoms with E-state index in [-0.39, 0.29) is 12.8 Å². The van der Waals surface area contributed by atoms with Gasteiger partial charge in [-0.1, -0.05) is 12.1 Å². The van der Waals surface area contributed by atoms with Crippen molar-refractivity contribution in [2.75, 3.05) is 6.54 Å². The highest BCUT2D eigenvalue weighted by Gasteiger charge is 2.49. The molecule has 1 fully saturated rings. The van der Waals surface area contributed by atoms with Crippen LogP contribution in [0.4, 0.5) is 9.18 Å². The largest absolute Gasteiger partial charge is 0.481 e. The van der Waals surface area contributed by atoms with E-state index in [2.05, 4.69) is 10.6 Å². The van der Waals surface area contributed by atoms with Gasteiger partial charge in [0.1, 0.15) is 17.9 Å². The molecule has 4 amide bonds. The number of urea groups is 1. The molecule has 8 nitrogen and oxygen atoms in total. The highest BCUT2D eigenvalue weighted by molar-refractivity contribution is 6.09. The van der Waals surface area contributed by atoms with Crippen LogP contribution in [0.15, 0.2) is 24.3 Å². The third kappa shape index (κ3) is 4.60. The number of hydrogen-bond acceptors (Lipinski definition) is 4. The molecule has 1 aromatic rings. The van der Waals surface area contributed by atoms with Crippen LogP contribution in [-0.2, 0) is 19.9 Å². The molecule has 3 N–H and O–H groups in total. The molecule has 1 aliphatic rings. The molecule has 0 aromatic heterocycles. The Hall–Kier alpha value is -2.97. The molecule has 0 saturated carbocycles. The third-order valence-corrected chi connectivity index (χ3v) is 4.44. The first-order valence-corrected chi connectivity index (χ1v) is 8.37. The Labute approximate surface area is 155 Å². The van der Waals surface area contributed by atoms with Gasteiger partial charge >= 0.3 is 12.0 Å². The van der Waals surface area contributed by atoms with Crippen LogP contribution in [0.2, 0.25) is 0 Å². The third-order valence-electron chi connectivity index (χ3n) is 4.44. The molecule has 2 rings (SSSR count). The van der Waals surface area contributed by atoms with Crippen molar-refractivity contribution >= 4 is 23.8 Å². The smallest absolute Gasteiger partial charge is 0.325 e. The Bertz CT molecular complexity index is 778. The number of hydrogen-bond donors (Lipinski definition) is 3. The number of rotatable bonds is 7. The van der Waals surface area contributed by atoms with Crippen molar-refractivity contribution < 1.29 is 28.7 Å². The Morgan fingerprint density at radius 2 is 1.85 bits per heavy atom. The van der Waals surface area contributed by atoms with Crippen molar-refractivity contribution in [2.45, 2.75) is 44.7 Å². The van der Waals surface area contributed by atoms with Gasteiger partial charge in [0.15, 0.2) is 0 Å². The molecule has 146 valence electrons. The lowest BCUT2D eigenvalue weighted by Crippen LogP contribution is -2.49. The number of halogens is 1. The number of carbonyl (C=O) groups excluding carboxylic acids is 3. The van der Waals surface area contributed by atoms with Crippen LogP contribution in [0.1, 0.15) is 39.2 Å².